The highest BCUT2D eigenvalue weighted by Crippen LogP contribution is 2.32. The third-order valence-corrected chi connectivity index (χ3v) is 5.05. The van der Waals surface area contributed by atoms with Crippen molar-refractivity contribution in [3.05, 3.63) is 59.0 Å². The van der Waals surface area contributed by atoms with Gasteiger partial charge >= 0.3 is 5.97 Å². The lowest BCUT2D eigenvalue weighted by Crippen LogP contribution is -2.18. The Balaban J connectivity index is 1.67. The summed E-state index contributed by atoms with van der Waals surface area (Å²) in [7, 11) is 0. The Kier molecular flexibility index (Phi) is 3.82. The summed E-state index contributed by atoms with van der Waals surface area (Å²) in [5, 5.41) is 14.7. The van der Waals surface area contributed by atoms with Gasteiger partial charge in [0.2, 0.25) is 5.91 Å². The molecule has 0 saturated heterocycles. The topological polar surface area (TPSA) is 79.3 Å². The third kappa shape index (κ3) is 3.04. The molecule has 0 radical (unpaired) electrons. The summed E-state index contributed by atoms with van der Waals surface area (Å²) in [6.45, 7) is 0. The zero-order chi connectivity index (χ0) is 17.4. The summed E-state index contributed by atoms with van der Waals surface area (Å²) in [5.41, 5.74) is 4.86. The van der Waals surface area contributed by atoms with Crippen molar-refractivity contribution < 1.29 is 14.7 Å². The van der Waals surface area contributed by atoms with Gasteiger partial charge in [0.15, 0.2) is 0 Å². The quantitative estimate of drug-likeness (QED) is 0.746. The van der Waals surface area contributed by atoms with Crippen molar-refractivity contribution in [3.8, 4) is 21.8 Å². The van der Waals surface area contributed by atoms with Crippen LogP contribution in [0, 0.1) is 0 Å². The molecule has 0 spiro atoms. The van der Waals surface area contributed by atoms with Gasteiger partial charge in [-0.1, -0.05) is 18.2 Å². The number of aryl methyl sites for hydroxylation is 1. The first kappa shape index (κ1) is 15.5. The Bertz CT molecular complexity index is 994. The number of fused-ring (bicyclic) bond motifs is 1. The van der Waals surface area contributed by atoms with Gasteiger partial charge in [-0.3, -0.25) is 4.79 Å². The Hall–Kier alpha value is -2.99. The number of carbonyl (C=O) groups is 2. The average molecular weight is 350 g/mol. The van der Waals surface area contributed by atoms with Gasteiger partial charge in [-0.2, -0.15) is 0 Å². The maximum atomic E-state index is 11.5. The van der Waals surface area contributed by atoms with E-state index in [1.807, 2.05) is 23.6 Å². The second-order valence-electron chi connectivity index (χ2n) is 5.84. The molecule has 6 heteroatoms. The van der Waals surface area contributed by atoms with Crippen LogP contribution in [0.4, 0.5) is 5.69 Å². The van der Waals surface area contributed by atoms with E-state index >= 15 is 0 Å². The Morgan fingerprint density at radius 3 is 2.84 bits per heavy atom. The highest BCUT2D eigenvalue weighted by molar-refractivity contribution is 7.13. The SMILES string of the molecule is O=C1CCc2cc(-c3csc(-c4cccc(C(=O)O)c4)n3)ccc2N1. The Morgan fingerprint density at radius 1 is 1.12 bits per heavy atom. The summed E-state index contributed by atoms with van der Waals surface area (Å²) in [6.07, 6.45) is 1.23. The zero-order valence-electron chi connectivity index (χ0n) is 13.2. The summed E-state index contributed by atoms with van der Waals surface area (Å²) < 4.78 is 0. The molecule has 1 aliphatic rings. The van der Waals surface area contributed by atoms with Crippen LogP contribution in [-0.4, -0.2) is 22.0 Å². The fourth-order valence-corrected chi connectivity index (χ4v) is 3.69. The van der Waals surface area contributed by atoms with E-state index in [-0.39, 0.29) is 11.5 Å². The lowest BCUT2D eigenvalue weighted by Gasteiger charge is -2.17. The van der Waals surface area contributed by atoms with Crippen molar-refractivity contribution in [1.82, 2.24) is 4.98 Å². The number of hydrogen-bond acceptors (Lipinski definition) is 4. The number of benzene rings is 2. The molecule has 3 aromatic rings. The first-order chi connectivity index (χ1) is 12.1. The number of thiazole rings is 1. The average Bonchev–Trinajstić information content (AvgIpc) is 3.11. The number of carboxylic acid groups (broad SMARTS) is 1. The number of carboxylic acids is 1. The molecule has 2 heterocycles. The number of hydrogen-bond donors (Lipinski definition) is 2. The van der Waals surface area contributed by atoms with Gasteiger partial charge in [0.05, 0.1) is 11.3 Å². The molecular weight excluding hydrogens is 336 g/mol. The van der Waals surface area contributed by atoms with Gasteiger partial charge in [0, 0.05) is 28.6 Å². The summed E-state index contributed by atoms with van der Waals surface area (Å²) in [5.74, 6) is -0.898. The molecule has 0 atom stereocenters. The molecule has 124 valence electrons. The van der Waals surface area contributed by atoms with Crippen LogP contribution in [-0.2, 0) is 11.2 Å². The molecule has 1 aliphatic heterocycles. The molecule has 2 aromatic carbocycles. The Labute approximate surface area is 148 Å². The first-order valence-corrected chi connectivity index (χ1v) is 8.70. The highest BCUT2D eigenvalue weighted by Gasteiger charge is 2.16. The van der Waals surface area contributed by atoms with Crippen molar-refractivity contribution in [1.29, 1.82) is 0 Å². The van der Waals surface area contributed by atoms with E-state index in [0.717, 1.165) is 39.5 Å². The fourth-order valence-electron chi connectivity index (χ4n) is 2.87. The van der Waals surface area contributed by atoms with Crippen molar-refractivity contribution in [2.24, 2.45) is 0 Å². The number of aromatic carboxylic acids is 1. The second-order valence-corrected chi connectivity index (χ2v) is 6.70. The largest absolute Gasteiger partial charge is 0.478 e. The van der Waals surface area contributed by atoms with E-state index in [1.165, 1.54) is 11.3 Å². The summed E-state index contributed by atoms with van der Waals surface area (Å²) in [4.78, 5) is 27.2. The molecule has 25 heavy (non-hydrogen) atoms. The molecule has 4 rings (SSSR count). The molecule has 0 fully saturated rings. The third-order valence-electron chi connectivity index (χ3n) is 4.16. The van der Waals surface area contributed by atoms with E-state index in [2.05, 4.69) is 16.4 Å². The molecule has 0 aliphatic carbocycles. The van der Waals surface area contributed by atoms with Gasteiger partial charge in [0.25, 0.3) is 0 Å². The molecule has 5 nitrogen and oxygen atoms in total. The lowest BCUT2D eigenvalue weighted by molar-refractivity contribution is -0.116. The molecule has 0 saturated carbocycles. The maximum absolute atomic E-state index is 11.5. The van der Waals surface area contributed by atoms with E-state index in [4.69, 9.17) is 5.11 Å². The van der Waals surface area contributed by atoms with E-state index in [9.17, 15) is 9.59 Å². The molecule has 0 unspecified atom stereocenters. The molecule has 2 N–H and O–H groups in total. The minimum absolute atomic E-state index is 0.0505. The van der Waals surface area contributed by atoms with Crippen LogP contribution < -0.4 is 5.32 Å². The lowest BCUT2D eigenvalue weighted by atomic mass is 9.99. The predicted molar refractivity (Wildman–Crippen MR) is 96.9 cm³/mol. The van der Waals surface area contributed by atoms with Crippen LogP contribution >= 0.6 is 11.3 Å². The van der Waals surface area contributed by atoms with Crippen molar-refractivity contribution in [3.63, 3.8) is 0 Å². The van der Waals surface area contributed by atoms with E-state index in [1.54, 1.807) is 18.2 Å². The number of nitrogens with one attached hydrogen (secondary N) is 1. The molecular formula is C19H14N2O3S. The number of aromatic nitrogens is 1. The van der Waals surface area contributed by atoms with Gasteiger partial charge in [-0.15, -0.1) is 11.3 Å². The van der Waals surface area contributed by atoms with E-state index in [0.29, 0.717) is 6.42 Å². The first-order valence-electron chi connectivity index (χ1n) is 7.82. The predicted octanol–water partition coefficient (Wildman–Crippen LogP) is 4.06. The normalized spacial score (nSPS) is 13.2. The van der Waals surface area contributed by atoms with E-state index < -0.39 is 5.97 Å². The number of anilines is 1. The summed E-state index contributed by atoms with van der Waals surface area (Å²) >= 11 is 1.48. The van der Waals surface area contributed by atoms with Crippen LogP contribution in [0.1, 0.15) is 22.3 Å². The number of nitrogens with zero attached hydrogens (tertiary/aromatic N) is 1. The number of rotatable bonds is 3. The van der Waals surface area contributed by atoms with Gasteiger partial charge in [-0.05, 0) is 36.2 Å². The van der Waals surface area contributed by atoms with Gasteiger partial charge < -0.3 is 10.4 Å². The number of amides is 1. The van der Waals surface area contributed by atoms with Crippen LogP contribution in [0.25, 0.3) is 21.8 Å². The minimum Gasteiger partial charge on any atom is -0.478 e. The van der Waals surface area contributed by atoms with Gasteiger partial charge in [-0.25, -0.2) is 9.78 Å². The Morgan fingerprint density at radius 2 is 2.00 bits per heavy atom. The van der Waals surface area contributed by atoms with Crippen LogP contribution in [0.3, 0.4) is 0 Å². The molecule has 1 amide bonds. The van der Waals surface area contributed by atoms with Crippen LogP contribution in [0.2, 0.25) is 0 Å². The number of carbonyl (C=O) groups excluding carboxylic acids is 1. The van der Waals surface area contributed by atoms with Crippen molar-refractivity contribution in [2.45, 2.75) is 12.8 Å². The standard InChI is InChI=1S/C19H14N2O3S/c22-17-7-5-11-8-12(4-6-15(11)20-17)16-10-25-18(21-16)13-2-1-3-14(9-13)19(23)24/h1-4,6,8-10H,5,7H2,(H,20,22)(H,23,24). The minimum atomic E-state index is -0.949. The smallest absolute Gasteiger partial charge is 0.335 e. The van der Waals surface area contributed by atoms with Crippen LogP contribution in [0.15, 0.2) is 47.8 Å². The fraction of sp³-hybridized carbons (Fsp3) is 0.105. The highest BCUT2D eigenvalue weighted by atomic mass is 32.1. The summed E-state index contributed by atoms with van der Waals surface area (Å²) in [6, 6.07) is 12.7. The molecule has 0 bridgehead atoms. The monoisotopic (exact) mass is 350 g/mol. The maximum Gasteiger partial charge on any atom is 0.335 e. The van der Waals surface area contributed by atoms with Crippen LogP contribution in [0.5, 0.6) is 0 Å². The van der Waals surface area contributed by atoms with Crippen molar-refractivity contribution in [2.75, 3.05) is 5.32 Å². The van der Waals surface area contributed by atoms with Gasteiger partial charge in [0.1, 0.15) is 5.01 Å². The second kappa shape index (κ2) is 6.14. The zero-order valence-corrected chi connectivity index (χ0v) is 14.0. The molecule has 1 aromatic heterocycles. The van der Waals surface area contributed by atoms with Crippen molar-refractivity contribution >= 4 is 28.9 Å².